The van der Waals surface area contributed by atoms with Gasteiger partial charge in [0.2, 0.25) is 0 Å². The van der Waals surface area contributed by atoms with Crippen LogP contribution in [0.25, 0.3) is 0 Å². The molecule has 1 N–H and O–H groups in total. The van der Waals surface area contributed by atoms with Crippen LogP contribution >= 0.6 is 10.7 Å². The van der Waals surface area contributed by atoms with E-state index in [1.807, 2.05) is 0 Å². The number of carbonyl (C=O) groups is 1. The number of carbonyl (C=O) groups excluding carboxylic acids is 1. The maximum atomic E-state index is 11.4. The van der Waals surface area contributed by atoms with Crippen molar-refractivity contribution in [2.24, 2.45) is 0 Å². The van der Waals surface area contributed by atoms with Crippen molar-refractivity contribution in [2.45, 2.75) is 11.8 Å². The second-order valence-electron chi connectivity index (χ2n) is 4.00. The number of hydrogen-bond acceptors (Lipinski definition) is 5. The topological polar surface area (TPSA) is 81.7 Å². The van der Waals surface area contributed by atoms with Crippen LogP contribution in [-0.4, -0.2) is 41.2 Å². The molecule has 0 aliphatic carbocycles. The first-order valence-electron chi connectivity index (χ1n) is 5.78. The summed E-state index contributed by atoms with van der Waals surface area (Å²) < 4.78 is 32.5. The Kier molecular flexibility index (Phi) is 6.25. The van der Waals surface area contributed by atoms with Crippen LogP contribution in [0.3, 0.4) is 0 Å². The van der Waals surface area contributed by atoms with E-state index in [2.05, 4.69) is 5.32 Å². The molecular formula is C12H16ClNO5S. The van der Waals surface area contributed by atoms with Crippen LogP contribution in [0.5, 0.6) is 5.75 Å². The molecule has 0 radical (unpaired) electrons. The van der Waals surface area contributed by atoms with Gasteiger partial charge in [0, 0.05) is 24.3 Å². The first kappa shape index (κ1) is 16.7. The lowest BCUT2D eigenvalue weighted by Crippen LogP contribution is -2.31. The van der Waals surface area contributed by atoms with Crippen LogP contribution in [0.2, 0.25) is 0 Å². The van der Waals surface area contributed by atoms with Gasteiger partial charge in [0.25, 0.3) is 15.0 Å². The number of halogens is 1. The molecule has 1 rings (SSSR count). The van der Waals surface area contributed by atoms with Gasteiger partial charge in [-0.2, -0.15) is 0 Å². The van der Waals surface area contributed by atoms with E-state index in [1.54, 1.807) is 6.92 Å². The van der Waals surface area contributed by atoms with Crippen molar-refractivity contribution in [1.29, 1.82) is 0 Å². The third-order valence-corrected chi connectivity index (χ3v) is 3.89. The highest BCUT2D eigenvalue weighted by atomic mass is 35.7. The first-order valence-corrected chi connectivity index (χ1v) is 8.09. The molecule has 0 spiro atoms. The predicted molar refractivity (Wildman–Crippen MR) is 74.6 cm³/mol. The Balaban J connectivity index is 2.58. The summed E-state index contributed by atoms with van der Waals surface area (Å²) in [7, 11) is 3.04. The fraction of sp³-hybridized carbons (Fsp3) is 0.417. The largest absolute Gasteiger partial charge is 0.484 e. The summed E-state index contributed by atoms with van der Waals surface area (Å²) in [6, 6.07) is 4.30. The smallest absolute Gasteiger partial charge is 0.261 e. The molecule has 1 aromatic rings. The Morgan fingerprint density at radius 2 is 2.10 bits per heavy atom. The van der Waals surface area contributed by atoms with Gasteiger partial charge in [-0.3, -0.25) is 4.79 Å². The van der Waals surface area contributed by atoms with Crippen molar-refractivity contribution in [3.63, 3.8) is 0 Å². The van der Waals surface area contributed by atoms with Gasteiger partial charge in [-0.05, 0) is 30.7 Å². The minimum atomic E-state index is -3.77. The van der Waals surface area contributed by atoms with Gasteiger partial charge in [-0.1, -0.05) is 0 Å². The molecule has 0 unspecified atom stereocenters. The van der Waals surface area contributed by atoms with Crippen LogP contribution in [0, 0.1) is 6.92 Å². The van der Waals surface area contributed by atoms with Gasteiger partial charge in [-0.25, -0.2) is 8.42 Å². The molecule has 0 aliphatic rings. The number of hydrogen-bond donors (Lipinski definition) is 1. The van der Waals surface area contributed by atoms with Crippen molar-refractivity contribution in [3.05, 3.63) is 23.8 Å². The maximum absolute atomic E-state index is 11.4. The van der Waals surface area contributed by atoms with Gasteiger partial charge in [-0.15, -0.1) is 0 Å². The van der Waals surface area contributed by atoms with E-state index in [4.69, 9.17) is 20.2 Å². The molecule has 6 nitrogen and oxygen atoms in total. The molecule has 1 aromatic carbocycles. The zero-order valence-corrected chi connectivity index (χ0v) is 12.8. The number of methoxy groups -OCH3 is 1. The van der Waals surface area contributed by atoms with E-state index in [0.717, 1.165) is 0 Å². The van der Waals surface area contributed by atoms with E-state index in [0.29, 0.717) is 24.5 Å². The Labute approximate surface area is 122 Å². The lowest BCUT2D eigenvalue weighted by atomic mass is 10.2. The molecule has 0 atom stereocenters. The zero-order valence-electron chi connectivity index (χ0n) is 11.2. The van der Waals surface area contributed by atoms with E-state index in [1.165, 1.54) is 25.3 Å². The summed E-state index contributed by atoms with van der Waals surface area (Å²) in [5, 5.41) is 2.60. The van der Waals surface area contributed by atoms with Crippen LogP contribution in [0.15, 0.2) is 23.1 Å². The van der Waals surface area contributed by atoms with Crippen LogP contribution in [0.4, 0.5) is 0 Å². The Morgan fingerprint density at radius 1 is 1.40 bits per heavy atom. The summed E-state index contributed by atoms with van der Waals surface area (Å²) >= 11 is 0. The molecule has 20 heavy (non-hydrogen) atoms. The number of amides is 1. The minimum absolute atomic E-state index is 0.0241. The van der Waals surface area contributed by atoms with Crippen LogP contribution in [-0.2, 0) is 18.6 Å². The highest BCUT2D eigenvalue weighted by Crippen LogP contribution is 2.23. The van der Waals surface area contributed by atoms with Crippen LogP contribution < -0.4 is 10.1 Å². The normalized spacial score (nSPS) is 11.2. The van der Waals surface area contributed by atoms with Crippen molar-refractivity contribution < 1.29 is 22.7 Å². The summed E-state index contributed by atoms with van der Waals surface area (Å²) in [5.41, 5.74) is 0.456. The van der Waals surface area contributed by atoms with Crippen molar-refractivity contribution in [3.8, 4) is 5.75 Å². The highest BCUT2D eigenvalue weighted by molar-refractivity contribution is 8.13. The standard InChI is InChI=1S/C12H16ClNO5S/c1-9-7-10(3-4-11(9)20(13,16)17)19-8-12(15)14-5-6-18-2/h3-4,7H,5-6,8H2,1-2H3,(H,14,15). The van der Waals surface area contributed by atoms with E-state index in [-0.39, 0.29) is 17.4 Å². The van der Waals surface area contributed by atoms with E-state index < -0.39 is 9.05 Å². The number of rotatable bonds is 7. The molecule has 0 heterocycles. The van der Waals surface area contributed by atoms with Crippen molar-refractivity contribution in [1.82, 2.24) is 5.32 Å². The average Bonchev–Trinajstić information content (AvgIpc) is 2.35. The second-order valence-corrected chi connectivity index (χ2v) is 6.53. The molecule has 8 heteroatoms. The average molecular weight is 322 g/mol. The molecule has 112 valence electrons. The molecule has 0 bridgehead atoms. The zero-order chi connectivity index (χ0) is 15.2. The fourth-order valence-electron chi connectivity index (χ4n) is 1.48. The monoisotopic (exact) mass is 321 g/mol. The quantitative estimate of drug-likeness (QED) is 0.600. The lowest BCUT2D eigenvalue weighted by molar-refractivity contribution is -0.123. The second kappa shape index (κ2) is 7.47. The molecule has 0 saturated carbocycles. The first-order chi connectivity index (χ1) is 9.34. The number of benzene rings is 1. The maximum Gasteiger partial charge on any atom is 0.261 e. The summed E-state index contributed by atoms with van der Waals surface area (Å²) in [4.78, 5) is 11.4. The van der Waals surface area contributed by atoms with Gasteiger partial charge in [0.15, 0.2) is 6.61 Å². The summed E-state index contributed by atoms with van der Waals surface area (Å²) in [5.74, 6) is 0.113. The molecule has 0 fully saturated rings. The third-order valence-electron chi connectivity index (χ3n) is 2.41. The van der Waals surface area contributed by atoms with Crippen molar-refractivity contribution in [2.75, 3.05) is 26.9 Å². The SMILES string of the molecule is COCCNC(=O)COc1ccc(S(=O)(=O)Cl)c(C)c1. The van der Waals surface area contributed by atoms with E-state index in [9.17, 15) is 13.2 Å². The number of nitrogens with one attached hydrogen (secondary N) is 1. The molecule has 0 aliphatic heterocycles. The summed E-state index contributed by atoms with van der Waals surface area (Å²) in [6.45, 7) is 2.27. The van der Waals surface area contributed by atoms with Gasteiger partial charge in [0.1, 0.15) is 5.75 Å². The molecule has 1 amide bonds. The Morgan fingerprint density at radius 3 is 2.65 bits per heavy atom. The number of aryl methyl sites for hydroxylation is 1. The minimum Gasteiger partial charge on any atom is -0.484 e. The third kappa shape index (κ3) is 5.36. The molecule has 0 saturated heterocycles. The van der Waals surface area contributed by atoms with Crippen molar-refractivity contribution >= 4 is 25.6 Å². The summed E-state index contributed by atoms with van der Waals surface area (Å²) in [6.07, 6.45) is 0. The molecular weight excluding hydrogens is 306 g/mol. The highest BCUT2D eigenvalue weighted by Gasteiger charge is 2.14. The Hall–Kier alpha value is -1.31. The predicted octanol–water partition coefficient (Wildman–Crippen LogP) is 1.06. The van der Waals surface area contributed by atoms with E-state index >= 15 is 0 Å². The van der Waals surface area contributed by atoms with Gasteiger partial charge in [0.05, 0.1) is 11.5 Å². The van der Waals surface area contributed by atoms with Gasteiger partial charge >= 0.3 is 0 Å². The van der Waals surface area contributed by atoms with Crippen LogP contribution in [0.1, 0.15) is 5.56 Å². The van der Waals surface area contributed by atoms with Gasteiger partial charge < -0.3 is 14.8 Å². The fourth-order valence-corrected chi connectivity index (χ4v) is 2.67. The number of ether oxygens (including phenoxy) is 2. The molecule has 0 aromatic heterocycles. The Bertz CT molecular complexity index is 573. The lowest BCUT2D eigenvalue weighted by Gasteiger charge is -2.09.